The van der Waals surface area contributed by atoms with E-state index in [9.17, 15) is 0 Å². The maximum Gasteiger partial charge on any atom is 0.0904 e. The van der Waals surface area contributed by atoms with Crippen LogP contribution in [0.5, 0.6) is 0 Å². The molecule has 0 saturated heterocycles. The van der Waals surface area contributed by atoms with Gasteiger partial charge in [0, 0.05) is 11.6 Å². The van der Waals surface area contributed by atoms with E-state index in [1.807, 2.05) is 28.9 Å². The van der Waals surface area contributed by atoms with Crippen molar-refractivity contribution in [3.05, 3.63) is 51.2 Å². The molecule has 102 valence electrons. The van der Waals surface area contributed by atoms with Gasteiger partial charge in [0.25, 0.3) is 0 Å². The van der Waals surface area contributed by atoms with E-state index >= 15 is 0 Å². The summed E-state index contributed by atoms with van der Waals surface area (Å²) in [5, 5.41) is 5.04. The molecule has 1 aromatic carbocycles. The van der Waals surface area contributed by atoms with Crippen LogP contribution < -0.4 is 11.3 Å². The van der Waals surface area contributed by atoms with Crippen LogP contribution in [0.4, 0.5) is 0 Å². The van der Waals surface area contributed by atoms with Gasteiger partial charge in [-0.15, -0.1) is 0 Å². The average Bonchev–Trinajstić information content (AvgIpc) is 2.75. The Morgan fingerprint density at radius 3 is 2.84 bits per heavy atom. The van der Waals surface area contributed by atoms with Crippen molar-refractivity contribution in [2.45, 2.75) is 25.9 Å². The summed E-state index contributed by atoms with van der Waals surface area (Å²) in [5.74, 6) is 5.73. The number of aromatic nitrogens is 2. The molecule has 1 atom stereocenters. The Morgan fingerprint density at radius 1 is 1.47 bits per heavy atom. The van der Waals surface area contributed by atoms with E-state index in [1.165, 1.54) is 0 Å². The lowest BCUT2D eigenvalue weighted by Crippen LogP contribution is -2.31. The van der Waals surface area contributed by atoms with Crippen LogP contribution in [0.1, 0.15) is 30.6 Å². The van der Waals surface area contributed by atoms with Crippen molar-refractivity contribution in [1.29, 1.82) is 0 Å². The van der Waals surface area contributed by atoms with E-state index in [0.29, 0.717) is 5.02 Å². The summed E-state index contributed by atoms with van der Waals surface area (Å²) in [6.45, 7) is 2.95. The van der Waals surface area contributed by atoms with Crippen molar-refractivity contribution in [2.75, 3.05) is 0 Å². The molecule has 1 heterocycles. The molecule has 0 saturated carbocycles. The first-order valence-electron chi connectivity index (χ1n) is 6.10. The highest BCUT2D eigenvalue weighted by Gasteiger charge is 2.22. The van der Waals surface area contributed by atoms with Gasteiger partial charge in [0.1, 0.15) is 0 Å². The van der Waals surface area contributed by atoms with E-state index in [-0.39, 0.29) is 6.04 Å². The van der Waals surface area contributed by atoms with Gasteiger partial charge in [-0.25, -0.2) is 5.43 Å². The summed E-state index contributed by atoms with van der Waals surface area (Å²) < 4.78 is 2.86. The van der Waals surface area contributed by atoms with Crippen LogP contribution >= 0.6 is 27.5 Å². The lowest BCUT2D eigenvalue weighted by Gasteiger charge is -2.20. The average molecular weight is 344 g/mol. The predicted octanol–water partition coefficient (Wildman–Crippen LogP) is 3.26. The van der Waals surface area contributed by atoms with E-state index in [2.05, 4.69) is 33.4 Å². The second-order valence-electron chi connectivity index (χ2n) is 4.22. The number of benzene rings is 1. The topological polar surface area (TPSA) is 55.9 Å². The lowest BCUT2D eigenvalue weighted by molar-refractivity contribution is 0.519. The minimum atomic E-state index is -0.197. The van der Waals surface area contributed by atoms with Crippen molar-refractivity contribution in [3.63, 3.8) is 0 Å². The third-order valence-corrected chi connectivity index (χ3v) is 3.88. The molecule has 1 aromatic heterocycles. The number of nitrogens with zero attached hydrogens (tertiary/aromatic N) is 2. The second-order valence-corrected chi connectivity index (χ2v) is 5.48. The smallest absolute Gasteiger partial charge is 0.0904 e. The van der Waals surface area contributed by atoms with Gasteiger partial charge in [-0.3, -0.25) is 10.5 Å². The molecule has 2 rings (SSSR count). The molecule has 0 bridgehead atoms. The highest BCUT2D eigenvalue weighted by molar-refractivity contribution is 9.10. The molecule has 0 radical (unpaired) electrons. The van der Waals surface area contributed by atoms with Gasteiger partial charge < -0.3 is 0 Å². The molecule has 6 heteroatoms. The van der Waals surface area contributed by atoms with Gasteiger partial charge in [0.05, 0.1) is 22.4 Å². The van der Waals surface area contributed by atoms with Crippen molar-refractivity contribution < 1.29 is 0 Å². The van der Waals surface area contributed by atoms with Gasteiger partial charge in [-0.2, -0.15) is 5.10 Å². The summed E-state index contributed by atoms with van der Waals surface area (Å²) in [4.78, 5) is 0. The van der Waals surface area contributed by atoms with Crippen LogP contribution in [0.2, 0.25) is 5.02 Å². The normalized spacial score (nSPS) is 12.6. The first-order valence-corrected chi connectivity index (χ1v) is 7.27. The molecular formula is C13H16BrClN4. The van der Waals surface area contributed by atoms with E-state index in [0.717, 1.165) is 28.7 Å². The first-order chi connectivity index (χ1) is 9.19. The molecule has 0 amide bonds. The molecule has 0 spiro atoms. The van der Waals surface area contributed by atoms with Crippen molar-refractivity contribution >= 4 is 27.5 Å². The second kappa shape index (κ2) is 6.52. The first kappa shape index (κ1) is 14.5. The summed E-state index contributed by atoms with van der Waals surface area (Å²) in [6, 6.07) is 7.47. The fourth-order valence-corrected chi connectivity index (χ4v) is 2.84. The molecule has 0 aliphatic carbocycles. The summed E-state index contributed by atoms with van der Waals surface area (Å²) in [7, 11) is 0. The number of nitrogens with one attached hydrogen (secondary N) is 1. The zero-order valence-electron chi connectivity index (χ0n) is 10.6. The van der Waals surface area contributed by atoms with Crippen LogP contribution in [0, 0.1) is 0 Å². The van der Waals surface area contributed by atoms with E-state index in [4.69, 9.17) is 17.4 Å². The minimum absolute atomic E-state index is 0.197. The molecule has 2 aromatic rings. The third-order valence-electron chi connectivity index (χ3n) is 2.92. The molecular weight excluding hydrogens is 328 g/mol. The molecule has 4 nitrogen and oxygen atoms in total. The number of nitrogens with two attached hydrogens (primary N) is 1. The monoisotopic (exact) mass is 342 g/mol. The van der Waals surface area contributed by atoms with Crippen LogP contribution in [0.15, 0.2) is 34.9 Å². The fourth-order valence-electron chi connectivity index (χ4n) is 2.07. The van der Waals surface area contributed by atoms with Gasteiger partial charge in [-0.1, -0.05) is 36.7 Å². The quantitative estimate of drug-likeness (QED) is 0.647. The molecule has 0 fully saturated rings. The van der Waals surface area contributed by atoms with Gasteiger partial charge >= 0.3 is 0 Å². The van der Waals surface area contributed by atoms with Gasteiger partial charge in [0.15, 0.2) is 0 Å². The Kier molecular flexibility index (Phi) is 4.99. The molecule has 1 unspecified atom stereocenters. The molecule has 3 N–H and O–H groups in total. The molecule has 19 heavy (non-hydrogen) atoms. The van der Waals surface area contributed by atoms with E-state index < -0.39 is 0 Å². The van der Waals surface area contributed by atoms with Crippen LogP contribution in [0.3, 0.4) is 0 Å². The molecule has 0 aliphatic rings. The van der Waals surface area contributed by atoms with Crippen molar-refractivity contribution in [2.24, 2.45) is 5.84 Å². The Labute approximate surface area is 126 Å². The minimum Gasteiger partial charge on any atom is -0.271 e. The van der Waals surface area contributed by atoms with Gasteiger partial charge in [-0.05, 0) is 34.0 Å². The maximum atomic E-state index is 6.26. The molecule has 0 aliphatic heterocycles. The number of halogens is 2. The Morgan fingerprint density at radius 2 is 2.21 bits per heavy atom. The zero-order valence-corrected chi connectivity index (χ0v) is 12.9. The fraction of sp³-hybridized carbons (Fsp3) is 0.308. The number of hydrogen-bond donors (Lipinski definition) is 2. The predicted molar refractivity (Wildman–Crippen MR) is 80.8 cm³/mol. The maximum absolute atomic E-state index is 6.26. The third kappa shape index (κ3) is 3.00. The Bertz CT molecular complexity index is 555. The summed E-state index contributed by atoms with van der Waals surface area (Å²) >= 11 is 9.78. The highest BCUT2D eigenvalue weighted by Crippen LogP contribution is 2.31. The summed E-state index contributed by atoms with van der Waals surface area (Å²) in [5.41, 5.74) is 4.75. The van der Waals surface area contributed by atoms with Crippen LogP contribution in [0.25, 0.3) is 0 Å². The number of hydrogen-bond acceptors (Lipinski definition) is 3. The number of aryl methyl sites for hydroxylation is 1. The van der Waals surface area contributed by atoms with Crippen LogP contribution in [-0.2, 0) is 6.54 Å². The van der Waals surface area contributed by atoms with Crippen molar-refractivity contribution in [3.8, 4) is 0 Å². The Hall–Kier alpha value is -0.880. The number of rotatable bonds is 5. The Balaban J connectivity index is 2.48. The number of hydrazine groups is 1. The zero-order chi connectivity index (χ0) is 13.8. The summed E-state index contributed by atoms with van der Waals surface area (Å²) in [6.07, 6.45) is 2.78. The highest BCUT2D eigenvalue weighted by atomic mass is 79.9. The van der Waals surface area contributed by atoms with E-state index in [1.54, 1.807) is 6.20 Å². The SMILES string of the molecule is CCCn1ncc(Br)c1C(NN)c1ccccc1Cl. The van der Waals surface area contributed by atoms with Crippen LogP contribution in [-0.4, -0.2) is 9.78 Å². The largest absolute Gasteiger partial charge is 0.271 e. The lowest BCUT2D eigenvalue weighted by atomic mass is 10.0. The standard InChI is InChI=1S/C13H16BrClN4/c1-2-7-19-13(10(14)8-17-19)12(18-16)9-5-3-4-6-11(9)15/h3-6,8,12,18H,2,7,16H2,1H3. The van der Waals surface area contributed by atoms with Gasteiger partial charge in [0.2, 0.25) is 0 Å². The van der Waals surface area contributed by atoms with Crippen molar-refractivity contribution in [1.82, 2.24) is 15.2 Å².